The molecule has 0 saturated heterocycles. The average Bonchev–Trinajstić information content (AvgIpc) is 2.97. The molecule has 0 saturated carbocycles. The highest BCUT2D eigenvalue weighted by molar-refractivity contribution is 7.20. The number of nitrogens with one attached hydrogen (secondary N) is 1. The van der Waals surface area contributed by atoms with E-state index in [4.69, 9.17) is 0 Å². The number of benzene rings is 2. The molecule has 5 heteroatoms. The Kier molecular flexibility index (Phi) is 3.98. The Balaban J connectivity index is 1.76. The highest BCUT2D eigenvalue weighted by atomic mass is 32.1. The summed E-state index contributed by atoms with van der Waals surface area (Å²) >= 11 is 1.56. The first-order chi connectivity index (χ1) is 10.6. The van der Waals surface area contributed by atoms with Gasteiger partial charge in [0.2, 0.25) is 0 Å². The zero-order valence-electron chi connectivity index (χ0n) is 12.3. The number of aromatic nitrogens is 1. The molecule has 0 spiro atoms. The maximum absolute atomic E-state index is 12.0. The number of para-hydroxylation sites is 1. The second kappa shape index (κ2) is 6.07. The van der Waals surface area contributed by atoms with Gasteiger partial charge in [-0.25, -0.2) is 10.4 Å². The number of hydrogen-bond donors (Lipinski definition) is 1. The van der Waals surface area contributed by atoms with Gasteiger partial charge in [0.05, 0.1) is 15.9 Å². The van der Waals surface area contributed by atoms with Crippen LogP contribution in [0.1, 0.15) is 27.9 Å². The van der Waals surface area contributed by atoms with Crippen molar-refractivity contribution in [3.8, 4) is 0 Å². The zero-order chi connectivity index (χ0) is 15.5. The molecule has 1 heterocycles. The largest absolute Gasteiger partial charge is 0.271 e. The van der Waals surface area contributed by atoms with Crippen molar-refractivity contribution in [3.05, 3.63) is 64.7 Å². The first kappa shape index (κ1) is 14.4. The minimum Gasteiger partial charge on any atom is -0.267 e. The Hall–Kier alpha value is -2.53. The van der Waals surface area contributed by atoms with Gasteiger partial charge in [-0.3, -0.25) is 4.79 Å². The number of thiazole rings is 1. The van der Waals surface area contributed by atoms with E-state index < -0.39 is 0 Å². The summed E-state index contributed by atoms with van der Waals surface area (Å²) in [6.07, 6.45) is 0. The maximum Gasteiger partial charge on any atom is 0.271 e. The van der Waals surface area contributed by atoms with Crippen LogP contribution in [0.3, 0.4) is 0 Å². The molecule has 0 unspecified atom stereocenters. The maximum atomic E-state index is 12.0. The molecule has 0 aliphatic rings. The van der Waals surface area contributed by atoms with Gasteiger partial charge in [0.25, 0.3) is 5.91 Å². The van der Waals surface area contributed by atoms with Gasteiger partial charge in [-0.15, -0.1) is 11.3 Å². The molecule has 110 valence electrons. The third-order valence-corrected chi connectivity index (χ3v) is 4.39. The average molecular weight is 309 g/mol. The molecule has 3 rings (SSSR count). The standard InChI is InChI=1S/C17H15N3OS/c1-11-7-9-13(10-8-11)16(21)20-19-12(2)17-18-14-5-3-4-6-15(14)22-17/h3-10H,1-2H3,(H,20,21)/b19-12-. The number of aryl methyl sites for hydroxylation is 1. The Bertz CT molecular complexity index is 817. The van der Waals surface area contributed by atoms with Crippen LogP contribution in [0.15, 0.2) is 53.6 Å². The summed E-state index contributed by atoms with van der Waals surface area (Å²) in [6.45, 7) is 3.82. The number of amides is 1. The lowest BCUT2D eigenvalue weighted by atomic mass is 10.1. The topological polar surface area (TPSA) is 54.4 Å². The molecule has 0 fully saturated rings. The predicted molar refractivity (Wildman–Crippen MR) is 90.5 cm³/mol. The van der Waals surface area contributed by atoms with Gasteiger partial charge in [0, 0.05) is 5.56 Å². The number of carbonyl (C=O) groups is 1. The molecule has 4 nitrogen and oxygen atoms in total. The van der Waals surface area contributed by atoms with Gasteiger partial charge in [0.1, 0.15) is 5.01 Å². The molecule has 0 radical (unpaired) electrons. The van der Waals surface area contributed by atoms with E-state index in [0.29, 0.717) is 11.3 Å². The molecule has 0 bridgehead atoms. The Morgan fingerprint density at radius 3 is 2.59 bits per heavy atom. The fourth-order valence-corrected chi connectivity index (χ4v) is 2.89. The predicted octanol–water partition coefficient (Wildman–Crippen LogP) is 3.76. The van der Waals surface area contributed by atoms with Crippen LogP contribution < -0.4 is 5.43 Å². The van der Waals surface area contributed by atoms with E-state index in [1.54, 1.807) is 23.5 Å². The molecule has 22 heavy (non-hydrogen) atoms. The van der Waals surface area contributed by atoms with E-state index in [-0.39, 0.29) is 5.91 Å². The van der Waals surface area contributed by atoms with Crippen molar-refractivity contribution in [1.82, 2.24) is 10.4 Å². The van der Waals surface area contributed by atoms with Crippen LogP contribution in [0, 0.1) is 6.92 Å². The molecule has 1 amide bonds. The molecule has 3 aromatic rings. The van der Waals surface area contributed by atoms with Crippen molar-refractivity contribution in [3.63, 3.8) is 0 Å². The summed E-state index contributed by atoms with van der Waals surface area (Å²) in [6, 6.07) is 15.3. The minimum atomic E-state index is -0.222. The van der Waals surface area contributed by atoms with Crippen LogP contribution in [0.2, 0.25) is 0 Å². The molecule has 0 atom stereocenters. The van der Waals surface area contributed by atoms with Gasteiger partial charge in [-0.05, 0) is 38.1 Å². The number of hydrogen-bond acceptors (Lipinski definition) is 4. The van der Waals surface area contributed by atoms with Gasteiger partial charge >= 0.3 is 0 Å². The van der Waals surface area contributed by atoms with Crippen molar-refractivity contribution >= 4 is 33.2 Å². The first-order valence-electron chi connectivity index (χ1n) is 6.91. The number of carbonyl (C=O) groups excluding carboxylic acids is 1. The number of hydrazone groups is 1. The second-order valence-corrected chi connectivity index (χ2v) is 6.02. The SMILES string of the molecule is C/C(=N/NC(=O)c1ccc(C)cc1)c1nc2ccccc2s1. The smallest absolute Gasteiger partial charge is 0.267 e. The normalized spacial score (nSPS) is 11.6. The summed E-state index contributed by atoms with van der Waals surface area (Å²) < 4.78 is 1.11. The zero-order valence-corrected chi connectivity index (χ0v) is 13.1. The van der Waals surface area contributed by atoms with E-state index in [0.717, 1.165) is 20.8 Å². The molecule has 2 aromatic carbocycles. The molecular formula is C17H15N3OS. The summed E-state index contributed by atoms with van der Waals surface area (Å²) in [5, 5.41) is 4.96. The third-order valence-electron chi connectivity index (χ3n) is 3.24. The van der Waals surface area contributed by atoms with E-state index >= 15 is 0 Å². The van der Waals surface area contributed by atoms with Gasteiger partial charge in [-0.2, -0.15) is 5.10 Å². The van der Waals surface area contributed by atoms with Crippen molar-refractivity contribution in [2.45, 2.75) is 13.8 Å². The van der Waals surface area contributed by atoms with E-state index in [2.05, 4.69) is 15.5 Å². The fraction of sp³-hybridized carbons (Fsp3) is 0.118. The minimum absolute atomic E-state index is 0.222. The van der Waals surface area contributed by atoms with Crippen LogP contribution in [0.25, 0.3) is 10.2 Å². The van der Waals surface area contributed by atoms with Crippen molar-refractivity contribution in [2.24, 2.45) is 5.10 Å². The van der Waals surface area contributed by atoms with Crippen LogP contribution in [0.5, 0.6) is 0 Å². The highest BCUT2D eigenvalue weighted by Gasteiger charge is 2.08. The quantitative estimate of drug-likeness (QED) is 0.591. The Morgan fingerprint density at radius 2 is 1.86 bits per heavy atom. The molecule has 1 N–H and O–H groups in total. The first-order valence-corrected chi connectivity index (χ1v) is 7.72. The van der Waals surface area contributed by atoms with Crippen LogP contribution >= 0.6 is 11.3 Å². The number of fused-ring (bicyclic) bond motifs is 1. The van der Waals surface area contributed by atoms with Crippen molar-refractivity contribution in [2.75, 3.05) is 0 Å². The lowest BCUT2D eigenvalue weighted by Gasteiger charge is -2.01. The van der Waals surface area contributed by atoms with Crippen LogP contribution in [-0.2, 0) is 0 Å². The summed E-state index contributed by atoms with van der Waals surface area (Å²) in [5.74, 6) is -0.222. The molecular weight excluding hydrogens is 294 g/mol. The van der Waals surface area contributed by atoms with Gasteiger partial charge < -0.3 is 0 Å². The molecule has 0 aliphatic carbocycles. The van der Waals surface area contributed by atoms with Crippen LogP contribution in [0.4, 0.5) is 0 Å². The number of rotatable bonds is 3. The highest BCUT2D eigenvalue weighted by Crippen LogP contribution is 2.21. The summed E-state index contributed by atoms with van der Waals surface area (Å²) in [7, 11) is 0. The Morgan fingerprint density at radius 1 is 1.14 bits per heavy atom. The van der Waals surface area contributed by atoms with E-state index in [1.807, 2.05) is 50.2 Å². The lowest BCUT2D eigenvalue weighted by molar-refractivity contribution is 0.0955. The molecule has 1 aromatic heterocycles. The second-order valence-electron chi connectivity index (χ2n) is 4.99. The van der Waals surface area contributed by atoms with Gasteiger partial charge in [0.15, 0.2) is 0 Å². The van der Waals surface area contributed by atoms with Gasteiger partial charge in [-0.1, -0.05) is 29.8 Å². The third kappa shape index (κ3) is 3.04. The molecule has 0 aliphatic heterocycles. The van der Waals surface area contributed by atoms with E-state index in [1.165, 1.54) is 0 Å². The lowest BCUT2D eigenvalue weighted by Crippen LogP contribution is -2.19. The van der Waals surface area contributed by atoms with Crippen molar-refractivity contribution < 1.29 is 4.79 Å². The number of nitrogens with zero attached hydrogens (tertiary/aromatic N) is 2. The van der Waals surface area contributed by atoms with Crippen molar-refractivity contribution in [1.29, 1.82) is 0 Å². The summed E-state index contributed by atoms with van der Waals surface area (Å²) in [4.78, 5) is 16.5. The summed E-state index contributed by atoms with van der Waals surface area (Å²) in [5.41, 5.74) is 5.92. The Labute approximate surface area is 132 Å². The van der Waals surface area contributed by atoms with Crippen LogP contribution in [-0.4, -0.2) is 16.6 Å². The van der Waals surface area contributed by atoms with E-state index in [9.17, 15) is 4.79 Å². The monoisotopic (exact) mass is 309 g/mol. The fourth-order valence-electron chi connectivity index (χ4n) is 1.98.